The molecule has 0 radical (unpaired) electrons. The van der Waals surface area contributed by atoms with Crippen molar-refractivity contribution in [1.82, 2.24) is 10.2 Å². The maximum absolute atomic E-state index is 13.3. The molecular formula is C23H26N2O3. The van der Waals surface area contributed by atoms with Crippen LogP contribution in [-0.2, 0) is 5.66 Å². The average molecular weight is 378 g/mol. The summed E-state index contributed by atoms with van der Waals surface area (Å²) >= 11 is 0. The second-order valence-corrected chi connectivity index (χ2v) is 7.40. The van der Waals surface area contributed by atoms with Gasteiger partial charge in [0.1, 0.15) is 17.5 Å². The number of rotatable bonds is 5. The first-order chi connectivity index (χ1) is 13.6. The van der Waals surface area contributed by atoms with Crippen molar-refractivity contribution in [2.45, 2.75) is 38.0 Å². The molecule has 1 aliphatic heterocycles. The summed E-state index contributed by atoms with van der Waals surface area (Å²) in [6.07, 6.45) is 3.40. The van der Waals surface area contributed by atoms with Gasteiger partial charge in [-0.2, -0.15) is 0 Å². The summed E-state index contributed by atoms with van der Waals surface area (Å²) < 4.78 is 5.58. The Morgan fingerprint density at radius 3 is 2.54 bits per heavy atom. The molecule has 0 saturated carbocycles. The molecule has 1 unspecified atom stereocenters. The molecule has 0 bridgehead atoms. The Kier molecular flexibility index (Phi) is 5.20. The number of carbonyl (C=O) groups excluding carboxylic acids is 1. The van der Waals surface area contributed by atoms with Gasteiger partial charge in [0.25, 0.3) is 5.91 Å². The number of benzene rings is 2. The van der Waals surface area contributed by atoms with Crippen LogP contribution in [0.4, 0.5) is 0 Å². The Balaban J connectivity index is 1.72. The van der Waals surface area contributed by atoms with Gasteiger partial charge < -0.3 is 14.8 Å². The first-order valence-electron chi connectivity index (χ1n) is 9.91. The Bertz CT molecular complexity index is 945. The standard InChI is InChI=1S/C23H26N2O3/c1-2-23(17-8-4-3-5-9-17,25-14-12-18(26)13-15-25)24-22(27)20-16-28-21-11-7-6-10-19(20)21/h3-11,16,18,26H,2,12-15H2,1H3,(H,24,27). The van der Waals surface area contributed by atoms with Crippen LogP contribution in [0, 0.1) is 0 Å². The zero-order valence-electron chi connectivity index (χ0n) is 16.1. The molecule has 3 aromatic rings. The number of nitrogens with one attached hydrogen (secondary N) is 1. The molecule has 1 saturated heterocycles. The lowest BCUT2D eigenvalue weighted by Gasteiger charge is -2.47. The third kappa shape index (κ3) is 3.32. The number of aliphatic hydroxyl groups excluding tert-OH is 1. The zero-order valence-corrected chi connectivity index (χ0v) is 16.1. The van der Waals surface area contributed by atoms with E-state index in [1.54, 1.807) is 0 Å². The number of furan rings is 1. The number of aliphatic hydroxyl groups is 1. The number of hydrogen-bond acceptors (Lipinski definition) is 4. The first-order valence-corrected chi connectivity index (χ1v) is 9.91. The van der Waals surface area contributed by atoms with Crippen molar-refractivity contribution in [2.75, 3.05) is 13.1 Å². The SMILES string of the molecule is CCC(NC(=O)c1coc2ccccc12)(c1ccccc1)N1CCC(O)CC1. The molecule has 28 heavy (non-hydrogen) atoms. The normalized spacial score (nSPS) is 18.1. The largest absolute Gasteiger partial charge is 0.463 e. The summed E-state index contributed by atoms with van der Waals surface area (Å²) in [5.74, 6) is -0.151. The van der Waals surface area contributed by atoms with Gasteiger partial charge in [-0.15, -0.1) is 0 Å². The number of para-hydroxylation sites is 1. The molecule has 0 spiro atoms. The fraction of sp³-hybridized carbons (Fsp3) is 0.348. The molecule has 2 N–H and O–H groups in total. The second-order valence-electron chi connectivity index (χ2n) is 7.40. The third-order valence-corrected chi connectivity index (χ3v) is 5.81. The Hall–Kier alpha value is -2.63. The Morgan fingerprint density at radius 2 is 1.82 bits per heavy atom. The Labute approximate surface area is 165 Å². The molecule has 0 aliphatic carbocycles. The molecule has 2 heterocycles. The van der Waals surface area contributed by atoms with Gasteiger partial charge in [0.05, 0.1) is 11.7 Å². The van der Waals surface area contributed by atoms with Crippen LogP contribution < -0.4 is 5.32 Å². The van der Waals surface area contributed by atoms with Crippen molar-refractivity contribution in [3.8, 4) is 0 Å². The van der Waals surface area contributed by atoms with Crippen molar-refractivity contribution in [3.05, 3.63) is 72.0 Å². The van der Waals surface area contributed by atoms with Gasteiger partial charge in [-0.1, -0.05) is 55.5 Å². The van der Waals surface area contributed by atoms with Crippen LogP contribution in [0.1, 0.15) is 42.1 Å². The van der Waals surface area contributed by atoms with Crippen molar-refractivity contribution < 1.29 is 14.3 Å². The number of piperidine rings is 1. The highest BCUT2D eigenvalue weighted by Gasteiger charge is 2.40. The van der Waals surface area contributed by atoms with Crippen molar-refractivity contribution in [1.29, 1.82) is 0 Å². The highest BCUT2D eigenvalue weighted by atomic mass is 16.3. The summed E-state index contributed by atoms with van der Waals surface area (Å²) in [7, 11) is 0. The van der Waals surface area contributed by atoms with Crippen LogP contribution in [0.2, 0.25) is 0 Å². The summed E-state index contributed by atoms with van der Waals surface area (Å²) in [5.41, 5.74) is 1.67. The maximum Gasteiger partial charge on any atom is 0.256 e. The number of nitrogens with zero attached hydrogens (tertiary/aromatic N) is 1. The van der Waals surface area contributed by atoms with Gasteiger partial charge in [0, 0.05) is 18.5 Å². The molecule has 1 fully saturated rings. The van der Waals surface area contributed by atoms with Crippen LogP contribution >= 0.6 is 0 Å². The number of amides is 1. The summed E-state index contributed by atoms with van der Waals surface area (Å²) in [6, 6.07) is 17.7. The number of likely N-dealkylation sites (tertiary alicyclic amines) is 1. The Morgan fingerprint density at radius 1 is 1.14 bits per heavy atom. The lowest BCUT2D eigenvalue weighted by molar-refractivity contribution is -0.00700. The molecule has 146 valence electrons. The smallest absolute Gasteiger partial charge is 0.256 e. The summed E-state index contributed by atoms with van der Waals surface area (Å²) in [6.45, 7) is 3.55. The van der Waals surface area contributed by atoms with Crippen molar-refractivity contribution in [2.24, 2.45) is 0 Å². The van der Waals surface area contributed by atoms with Gasteiger partial charge in [-0.25, -0.2) is 0 Å². The molecular weight excluding hydrogens is 352 g/mol. The monoisotopic (exact) mass is 378 g/mol. The molecule has 5 nitrogen and oxygen atoms in total. The molecule has 1 amide bonds. The van der Waals surface area contributed by atoms with Crippen LogP contribution in [0.3, 0.4) is 0 Å². The molecule has 1 aromatic heterocycles. The topological polar surface area (TPSA) is 65.7 Å². The van der Waals surface area contributed by atoms with E-state index in [2.05, 4.69) is 29.3 Å². The first kappa shape index (κ1) is 18.7. The van der Waals surface area contributed by atoms with E-state index in [-0.39, 0.29) is 12.0 Å². The molecule has 5 heteroatoms. The predicted molar refractivity (Wildman–Crippen MR) is 109 cm³/mol. The van der Waals surface area contributed by atoms with E-state index in [4.69, 9.17) is 4.42 Å². The third-order valence-electron chi connectivity index (χ3n) is 5.81. The molecule has 1 aliphatic rings. The van der Waals surface area contributed by atoms with Crippen LogP contribution in [0.25, 0.3) is 11.0 Å². The van der Waals surface area contributed by atoms with E-state index >= 15 is 0 Å². The number of hydrogen-bond donors (Lipinski definition) is 2. The van der Waals surface area contributed by atoms with Gasteiger partial charge in [-0.05, 0) is 30.9 Å². The summed E-state index contributed by atoms with van der Waals surface area (Å²) in [5, 5.41) is 14.1. The van der Waals surface area contributed by atoms with Gasteiger partial charge in [0.15, 0.2) is 0 Å². The van der Waals surface area contributed by atoms with Gasteiger partial charge in [0.2, 0.25) is 0 Å². The minimum atomic E-state index is -0.628. The van der Waals surface area contributed by atoms with Gasteiger partial charge in [-0.3, -0.25) is 9.69 Å². The average Bonchev–Trinajstić information content (AvgIpc) is 3.18. The van der Waals surface area contributed by atoms with Crippen LogP contribution in [0.15, 0.2) is 65.3 Å². The van der Waals surface area contributed by atoms with Gasteiger partial charge >= 0.3 is 0 Å². The fourth-order valence-corrected chi connectivity index (χ4v) is 4.22. The fourth-order valence-electron chi connectivity index (χ4n) is 4.22. The van der Waals surface area contributed by atoms with E-state index in [9.17, 15) is 9.90 Å². The molecule has 2 aromatic carbocycles. The maximum atomic E-state index is 13.3. The summed E-state index contributed by atoms with van der Waals surface area (Å²) in [4.78, 5) is 15.6. The second kappa shape index (κ2) is 7.78. The number of carbonyl (C=O) groups is 1. The zero-order chi connectivity index (χ0) is 19.6. The quantitative estimate of drug-likeness (QED) is 0.707. The number of fused-ring (bicyclic) bond motifs is 1. The minimum absolute atomic E-state index is 0.151. The van der Waals surface area contributed by atoms with E-state index in [1.165, 1.54) is 6.26 Å². The predicted octanol–water partition coefficient (Wildman–Crippen LogP) is 3.88. The lowest BCUT2D eigenvalue weighted by atomic mass is 9.91. The van der Waals surface area contributed by atoms with E-state index in [0.717, 1.165) is 24.0 Å². The van der Waals surface area contributed by atoms with E-state index in [0.29, 0.717) is 30.4 Å². The van der Waals surface area contributed by atoms with E-state index < -0.39 is 5.66 Å². The van der Waals surface area contributed by atoms with Crippen molar-refractivity contribution in [3.63, 3.8) is 0 Å². The van der Waals surface area contributed by atoms with Crippen molar-refractivity contribution >= 4 is 16.9 Å². The molecule has 4 rings (SSSR count). The minimum Gasteiger partial charge on any atom is -0.463 e. The van der Waals surface area contributed by atoms with Crippen LogP contribution in [0.5, 0.6) is 0 Å². The highest BCUT2D eigenvalue weighted by Crippen LogP contribution is 2.33. The molecule has 1 atom stereocenters. The lowest BCUT2D eigenvalue weighted by Crippen LogP contribution is -2.60. The van der Waals surface area contributed by atoms with Crippen LogP contribution in [-0.4, -0.2) is 35.1 Å². The van der Waals surface area contributed by atoms with E-state index in [1.807, 2.05) is 42.5 Å². The highest BCUT2D eigenvalue weighted by molar-refractivity contribution is 6.06.